The maximum atomic E-state index is 11.6. The van der Waals surface area contributed by atoms with Gasteiger partial charge in [0, 0.05) is 19.6 Å². The third kappa shape index (κ3) is 4.92. The van der Waals surface area contributed by atoms with Gasteiger partial charge in [-0.25, -0.2) is 0 Å². The van der Waals surface area contributed by atoms with Crippen LogP contribution in [-0.2, 0) is 10.2 Å². The summed E-state index contributed by atoms with van der Waals surface area (Å²) < 4.78 is 27.3. The molecule has 0 aromatic rings. The van der Waals surface area contributed by atoms with Gasteiger partial charge in [0.25, 0.3) is 10.2 Å². The summed E-state index contributed by atoms with van der Waals surface area (Å²) in [7, 11) is -1.61. The molecule has 0 spiro atoms. The predicted molar refractivity (Wildman–Crippen MR) is 60.9 cm³/mol. The summed E-state index contributed by atoms with van der Waals surface area (Å²) in [6.07, 6.45) is 2.80. The topological polar surface area (TPSA) is 61.4 Å². The van der Waals surface area contributed by atoms with Gasteiger partial charge >= 0.3 is 0 Å². The molecule has 1 aliphatic rings. The van der Waals surface area contributed by atoms with Crippen molar-refractivity contribution in [1.29, 1.82) is 0 Å². The van der Waals surface area contributed by atoms with Crippen molar-refractivity contribution in [2.75, 3.05) is 26.7 Å². The minimum atomic E-state index is -3.23. The zero-order chi connectivity index (χ0) is 11.3. The maximum absolute atomic E-state index is 11.6. The zero-order valence-corrected chi connectivity index (χ0v) is 10.3. The molecule has 6 heteroatoms. The van der Waals surface area contributed by atoms with Gasteiger partial charge in [-0.1, -0.05) is 6.92 Å². The first-order valence-electron chi connectivity index (χ1n) is 5.50. The second-order valence-corrected chi connectivity index (χ2v) is 5.73. The van der Waals surface area contributed by atoms with Gasteiger partial charge in [0.15, 0.2) is 0 Å². The summed E-state index contributed by atoms with van der Waals surface area (Å²) in [6, 6.07) is 0.186. The van der Waals surface area contributed by atoms with E-state index >= 15 is 0 Å². The van der Waals surface area contributed by atoms with E-state index in [-0.39, 0.29) is 6.04 Å². The third-order valence-electron chi connectivity index (χ3n) is 2.38. The molecule has 0 saturated heterocycles. The first-order valence-corrected chi connectivity index (χ1v) is 6.94. The highest BCUT2D eigenvalue weighted by Gasteiger charge is 2.28. The Bertz CT molecular complexity index is 275. The molecular formula is C9H21N3O2S. The van der Waals surface area contributed by atoms with E-state index in [0.29, 0.717) is 6.54 Å². The molecular weight excluding hydrogens is 214 g/mol. The van der Waals surface area contributed by atoms with Gasteiger partial charge in [0.1, 0.15) is 0 Å². The van der Waals surface area contributed by atoms with Gasteiger partial charge in [-0.05, 0) is 32.4 Å². The fourth-order valence-corrected chi connectivity index (χ4v) is 2.43. The third-order valence-corrected chi connectivity index (χ3v) is 4.01. The van der Waals surface area contributed by atoms with Gasteiger partial charge in [0.2, 0.25) is 0 Å². The molecule has 0 atom stereocenters. The summed E-state index contributed by atoms with van der Waals surface area (Å²) in [5, 5.41) is 3.17. The molecule has 15 heavy (non-hydrogen) atoms. The van der Waals surface area contributed by atoms with E-state index < -0.39 is 10.2 Å². The van der Waals surface area contributed by atoms with E-state index in [1.54, 1.807) is 7.05 Å². The number of nitrogens with one attached hydrogen (secondary N) is 2. The SMILES string of the molecule is CCNCCCN(C)S(=O)(=O)NC1CC1. The summed E-state index contributed by atoms with van der Waals surface area (Å²) in [6.45, 7) is 4.39. The van der Waals surface area contributed by atoms with E-state index in [0.717, 1.165) is 32.4 Å². The van der Waals surface area contributed by atoms with Gasteiger partial charge in [0.05, 0.1) is 0 Å². The standard InChI is InChI=1S/C9H21N3O2S/c1-3-10-7-4-8-12(2)15(13,14)11-9-5-6-9/h9-11H,3-8H2,1-2H3. The van der Waals surface area contributed by atoms with Crippen molar-refractivity contribution in [3.63, 3.8) is 0 Å². The van der Waals surface area contributed by atoms with Crippen molar-refractivity contribution in [1.82, 2.24) is 14.3 Å². The Hall–Kier alpha value is -0.170. The molecule has 0 aliphatic heterocycles. The predicted octanol–water partition coefficient (Wildman–Crippen LogP) is -0.0854. The Labute approximate surface area is 92.4 Å². The molecule has 0 aromatic carbocycles. The Morgan fingerprint density at radius 2 is 2.07 bits per heavy atom. The van der Waals surface area contributed by atoms with Gasteiger partial charge in [-0.2, -0.15) is 17.4 Å². The van der Waals surface area contributed by atoms with E-state index in [2.05, 4.69) is 10.0 Å². The molecule has 1 fully saturated rings. The van der Waals surface area contributed by atoms with E-state index in [1.165, 1.54) is 4.31 Å². The van der Waals surface area contributed by atoms with Crippen LogP contribution in [0.15, 0.2) is 0 Å². The molecule has 0 aromatic heterocycles. The monoisotopic (exact) mass is 235 g/mol. The van der Waals surface area contributed by atoms with Crippen LogP contribution in [0.5, 0.6) is 0 Å². The average molecular weight is 235 g/mol. The molecule has 0 unspecified atom stereocenters. The molecule has 0 radical (unpaired) electrons. The number of hydrogen-bond acceptors (Lipinski definition) is 3. The second-order valence-electron chi connectivity index (χ2n) is 3.93. The van der Waals surface area contributed by atoms with Gasteiger partial charge in [-0.15, -0.1) is 0 Å². The second kappa shape index (κ2) is 5.79. The number of rotatable bonds is 8. The van der Waals surface area contributed by atoms with Crippen LogP contribution >= 0.6 is 0 Å². The molecule has 0 amide bonds. The Kier molecular flexibility index (Phi) is 4.98. The first kappa shape index (κ1) is 12.9. The molecule has 2 N–H and O–H groups in total. The Morgan fingerprint density at radius 3 is 2.60 bits per heavy atom. The summed E-state index contributed by atoms with van der Waals surface area (Å²) in [5.41, 5.74) is 0. The highest BCUT2D eigenvalue weighted by atomic mass is 32.2. The van der Waals surface area contributed by atoms with Crippen LogP contribution < -0.4 is 10.0 Å². The summed E-state index contributed by atoms with van der Waals surface area (Å²) in [4.78, 5) is 0. The lowest BCUT2D eigenvalue weighted by molar-refractivity contribution is 0.445. The molecule has 5 nitrogen and oxygen atoms in total. The Balaban J connectivity index is 2.21. The van der Waals surface area contributed by atoms with Crippen LogP contribution in [0.3, 0.4) is 0 Å². The minimum absolute atomic E-state index is 0.186. The van der Waals surface area contributed by atoms with Crippen LogP contribution in [0, 0.1) is 0 Å². The lowest BCUT2D eigenvalue weighted by Crippen LogP contribution is -2.40. The van der Waals surface area contributed by atoms with E-state index in [9.17, 15) is 8.42 Å². The largest absolute Gasteiger partial charge is 0.317 e. The van der Waals surface area contributed by atoms with Crippen molar-refractivity contribution < 1.29 is 8.42 Å². The van der Waals surface area contributed by atoms with E-state index in [1.807, 2.05) is 6.92 Å². The number of hydrogen-bond donors (Lipinski definition) is 2. The lowest BCUT2D eigenvalue weighted by atomic mass is 10.4. The molecule has 1 rings (SSSR count). The quantitative estimate of drug-likeness (QED) is 0.578. The van der Waals surface area contributed by atoms with E-state index in [4.69, 9.17) is 0 Å². The lowest BCUT2D eigenvalue weighted by Gasteiger charge is -2.17. The maximum Gasteiger partial charge on any atom is 0.279 e. The van der Waals surface area contributed by atoms with Crippen molar-refractivity contribution in [2.45, 2.75) is 32.2 Å². The van der Waals surface area contributed by atoms with Crippen LogP contribution in [0.25, 0.3) is 0 Å². The van der Waals surface area contributed by atoms with Crippen molar-refractivity contribution >= 4 is 10.2 Å². The molecule has 0 heterocycles. The molecule has 1 saturated carbocycles. The van der Waals surface area contributed by atoms with Crippen molar-refractivity contribution in [3.05, 3.63) is 0 Å². The Morgan fingerprint density at radius 1 is 1.40 bits per heavy atom. The van der Waals surface area contributed by atoms with Crippen molar-refractivity contribution in [3.8, 4) is 0 Å². The van der Waals surface area contributed by atoms with Crippen LogP contribution in [-0.4, -0.2) is 45.4 Å². The van der Waals surface area contributed by atoms with Gasteiger partial charge in [-0.3, -0.25) is 0 Å². The van der Waals surface area contributed by atoms with Crippen LogP contribution in [0.4, 0.5) is 0 Å². The first-order chi connectivity index (χ1) is 7.06. The van der Waals surface area contributed by atoms with Gasteiger partial charge < -0.3 is 5.32 Å². The summed E-state index contributed by atoms with van der Waals surface area (Å²) >= 11 is 0. The molecule has 90 valence electrons. The van der Waals surface area contributed by atoms with Crippen LogP contribution in [0.1, 0.15) is 26.2 Å². The van der Waals surface area contributed by atoms with Crippen LogP contribution in [0.2, 0.25) is 0 Å². The fourth-order valence-electron chi connectivity index (χ4n) is 1.23. The molecule has 0 bridgehead atoms. The zero-order valence-electron chi connectivity index (χ0n) is 9.49. The highest BCUT2D eigenvalue weighted by Crippen LogP contribution is 2.20. The highest BCUT2D eigenvalue weighted by molar-refractivity contribution is 7.87. The normalized spacial score (nSPS) is 17.3. The minimum Gasteiger partial charge on any atom is -0.317 e. The smallest absolute Gasteiger partial charge is 0.279 e. The fraction of sp³-hybridized carbons (Fsp3) is 1.00. The average Bonchev–Trinajstić information content (AvgIpc) is 2.95. The van der Waals surface area contributed by atoms with Crippen molar-refractivity contribution in [2.24, 2.45) is 0 Å². The molecule has 1 aliphatic carbocycles. The summed E-state index contributed by atoms with van der Waals surface area (Å²) in [5.74, 6) is 0. The number of nitrogens with zero attached hydrogens (tertiary/aromatic N) is 1.